The molecule has 9 heteroatoms. The van der Waals surface area contributed by atoms with Gasteiger partial charge in [-0.1, -0.05) is 29.4 Å². The van der Waals surface area contributed by atoms with Crippen molar-refractivity contribution >= 4 is 29.5 Å². The van der Waals surface area contributed by atoms with Gasteiger partial charge in [-0.2, -0.15) is 0 Å². The van der Waals surface area contributed by atoms with Gasteiger partial charge in [0.1, 0.15) is 11.4 Å². The number of aromatic nitrogens is 2. The minimum atomic E-state index is -0.506. The minimum absolute atomic E-state index is 0.0950. The average molecular weight is 428 g/mol. The number of nitrogens with zero attached hydrogens (tertiary/aromatic N) is 3. The van der Waals surface area contributed by atoms with Gasteiger partial charge < -0.3 is 14.1 Å². The zero-order chi connectivity index (χ0) is 20.3. The molecule has 0 radical (unpaired) electrons. The van der Waals surface area contributed by atoms with Crippen LogP contribution in [0.5, 0.6) is 0 Å². The van der Waals surface area contributed by atoms with E-state index in [9.17, 15) is 9.18 Å². The summed E-state index contributed by atoms with van der Waals surface area (Å²) in [5.41, 5.74) is -0.0900. The van der Waals surface area contributed by atoms with E-state index in [1.54, 1.807) is 17.0 Å². The number of thioether (sulfide) groups is 1. The topological polar surface area (TPSA) is 68.5 Å². The van der Waals surface area contributed by atoms with Crippen LogP contribution in [0.1, 0.15) is 51.0 Å². The monoisotopic (exact) mass is 427 g/mol. The molecule has 0 N–H and O–H groups in total. The highest BCUT2D eigenvalue weighted by Crippen LogP contribution is 2.32. The number of carbonyl (C=O) groups excluding carboxylic acids is 1. The summed E-state index contributed by atoms with van der Waals surface area (Å²) in [5.74, 6) is 0.599. The largest absolute Gasteiger partial charge is 0.444 e. The van der Waals surface area contributed by atoms with Crippen LogP contribution in [0.25, 0.3) is 0 Å². The molecule has 1 aromatic carbocycles. The van der Waals surface area contributed by atoms with E-state index in [0.29, 0.717) is 40.5 Å². The normalized spacial score (nSPS) is 15.7. The fourth-order valence-corrected chi connectivity index (χ4v) is 4.00. The zero-order valence-electron chi connectivity index (χ0n) is 16.1. The number of rotatable bonds is 4. The molecule has 0 bridgehead atoms. The molecule has 2 heterocycles. The first-order valence-electron chi connectivity index (χ1n) is 9.10. The van der Waals surface area contributed by atoms with Crippen molar-refractivity contribution in [1.29, 1.82) is 0 Å². The van der Waals surface area contributed by atoms with Crippen molar-refractivity contribution < 1.29 is 18.3 Å². The van der Waals surface area contributed by atoms with Crippen LogP contribution in [0, 0.1) is 5.82 Å². The number of piperidine rings is 1. The highest BCUT2D eigenvalue weighted by Gasteiger charge is 2.30. The third-order valence-corrected chi connectivity index (χ3v) is 5.52. The maximum atomic E-state index is 13.8. The van der Waals surface area contributed by atoms with Crippen LogP contribution in [0.15, 0.2) is 27.8 Å². The molecule has 6 nitrogen and oxygen atoms in total. The first-order valence-corrected chi connectivity index (χ1v) is 10.5. The summed E-state index contributed by atoms with van der Waals surface area (Å²) in [7, 11) is 0. The van der Waals surface area contributed by atoms with Crippen molar-refractivity contribution in [3.63, 3.8) is 0 Å². The van der Waals surface area contributed by atoms with E-state index in [1.807, 2.05) is 20.8 Å². The van der Waals surface area contributed by atoms with Gasteiger partial charge in [0, 0.05) is 35.3 Å². The number of hydrogen-bond acceptors (Lipinski definition) is 6. The summed E-state index contributed by atoms with van der Waals surface area (Å²) in [5, 5.41) is 8.93. The number of hydrogen-bond donors (Lipinski definition) is 0. The van der Waals surface area contributed by atoms with Gasteiger partial charge in [-0.25, -0.2) is 9.18 Å². The summed E-state index contributed by atoms with van der Waals surface area (Å²) in [6.45, 7) is 6.71. The summed E-state index contributed by atoms with van der Waals surface area (Å²) >= 11 is 7.29. The van der Waals surface area contributed by atoms with E-state index in [-0.39, 0.29) is 17.8 Å². The van der Waals surface area contributed by atoms with Gasteiger partial charge in [-0.05, 0) is 45.7 Å². The van der Waals surface area contributed by atoms with Gasteiger partial charge in [0.2, 0.25) is 5.89 Å². The van der Waals surface area contributed by atoms with E-state index < -0.39 is 5.60 Å². The molecule has 0 saturated carbocycles. The predicted octanol–water partition coefficient (Wildman–Crippen LogP) is 5.27. The molecule has 1 fully saturated rings. The van der Waals surface area contributed by atoms with Crippen molar-refractivity contribution in [1.82, 2.24) is 15.1 Å². The van der Waals surface area contributed by atoms with Crippen molar-refractivity contribution in [3.05, 3.63) is 40.5 Å². The van der Waals surface area contributed by atoms with E-state index in [4.69, 9.17) is 20.8 Å². The number of likely N-dealkylation sites (tertiary alicyclic amines) is 1. The molecule has 1 aliphatic heterocycles. The van der Waals surface area contributed by atoms with Crippen molar-refractivity contribution in [2.45, 2.75) is 56.1 Å². The average Bonchev–Trinajstić information content (AvgIpc) is 3.09. The smallest absolute Gasteiger partial charge is 0.410 e. The lowest BCUT2D eigenvalue weighted by molar-refractivity contribution is 0.0198. The van der Waals surface area contributed by atoms with Crippen molar-refractivity contribution in [2.24, 2.45) is 0 Å². The fourth-order valence-electron chi connectivity index (χ4n) is 2.88. The Morgan fingerprint density at radius 1 is 1.36 bits per heavy atom. The number of halogens is 2. The number of carbonyl (C=O) groups is 1. The maximum absolute atomic E-state index is 13.8. The Morgan fingerprint density at radius 2 is 2.07 bits per heavy atom. The van der Waals surface area contributed by atoms with Gasteiger partial charge in [-0.3, -0.25) is 0 Å². The first kappa shape index (κ1) is 20.9. The standard InChI is InChI=1S/C19H23ClFN3O3S/c1-19(2,3)27-18(25)24-9-7-12(8-10-24)16-22-23-17(26-16)28-11-13-14(20)5-4-6-15(13)21/h4-6,12H,7-11H2,1-3H3. The Balaban J connectivity index is 1.53. The minimum Gasteiger partial charge on any atom is -0.444 e. The quantitative estimate of drug-likeness (QED) is 0.619. The second-order valence-electron chi connectivity index (χ2n) is 7.64. The lowest BCUT2D eigenvalue weighted by Gasteiger charge is -2.32. The molecule has 0 spiro atoms. The van der Waals surface area contributed by atoms with Crippen LogP contribution in [-0.2, 0) is 10.5 Å². The van der Waals surface area contributed by atoms with E-state index in [2.05, 4.69) is 10.2 Å². The number of amides is 1. The SMILES string of the molecule is CC(C)(C)OC(=O)N1CCC(c2nnc(SCc3c(F)cccc3Cl)o2)CC1. The van der Waals surface area contributed by atoms with Crippen molar-refractivity contribution in [2.75, 3.05) is 13.1 Å². The van der Waals surface area contributed by atoms with Gasteiger partial charge in [-0.15, -0.1) is 10.2 Å². The predicted molar refractivity (Wildman–Crippen MR) is 105 cm³/mol. The van der Waals surface area contributed by atoms with E-state index in [0.717, 1.165) is 12.8 Å². The Labute approximate surface area is 172 Å². The van der Waals surface area contributed by atoms with E-state index in [1.165, 1.54) is 17.8 Å². The molecule has 1 aliphatic rings. The summed E-state index contributed by atoms with van der Waals surface area (Å²) in [4.78, 5) is 13.8. The Hall–Kier alpha value is -1.80. The fraction of sp³-hybridized carbons (Fsp3) is 0.526. The molecule has 0 atom stereocenters. The molecule has 0 unspecified atom stereocenters. The summed E-state index contributed by atoms with van der Waals surface area (Å²) < 4.78 is 25.0. The van der Waals surface area contributed by atoms with Gasteiger partial charge in [0.05, 0.1) is 0 Å². The molecule has 1 saturated heterocycles. The summed E-state index contributed by atoms with van der Waals surface area (Å²) in [6.07, 6.45) is 1.16. The van der Waals surface area contributed by atoms with Crippen LogP contribution in [0.4, 0.5) is 9.18 Å². The van der Waals surface area contributed by atoms with Crippen LogP contribution < -0.4 is 0 Å². The van der Waals surface area contributed by atoms with Crippen LogP contribution >= 0.6 is 23.4 Å². The first-order chi connectivity index (χ1) is 13.2. The van der Waals surface area contributed by atoms with E-state index >= 15 is 0 Å². The molecule has 28 heavy (non-hydrogen) atoms. The molecular weight excluding hydrogens is 405 g/mol. The second-order valence-corrected chi connectivity index (χ2v) is 8.97. The Morgan fingerprint density at radius 3 is 2.71 bits per heavy atom. The molecule has 152 valence electrons. The molecule has 3 rings (SSSR count). The lowest BCUT2D eigenvalue weighted by atomic mass is 9.97. The molecule has 1 amide bonds. The Bertz CT molecular complexity index is 812. The molecular formula is C19H23ClFN3O3S. The van der Waals surface area contributed by atoms with Crippen LogP contribution in [-0.4, -0.2) is 39.9 Å². The van der Waals surface area contributed by atoms with Crippen molar-refractivity contribution in [3.8, 4) is 0 Å². The third kappa shape index (κ3) is 5.38. The van der Waals surface area contributed by atoms with Gasteiger partial charge >= 0.3 is 6.09 Å². The molecule has 0 aliphatic carbocycles. The highest BCUT2D eigenvalue weighted by molar-refractivity contribution is 7.98. The van der Waals surface area contributed by atoms with Crippen LogP contribution in [0.3, 0.4) is 0 Å². The van der Waals surface area contributed by atoms with Gasteiger partial charge in [0.25, 0.3) is 5.22 Å². The zero-order valence-corrected chi connectivity index (χ0v) is 17.6. The molecule has 1 aromatic heterocycles. The summed E-state index contributed by atoms with van der Waals surface area (Å²) in [6, 6.07) is 4.60. The second kappa shape index (κ2) is 8.69. The molecule has 2 aromatic rings. The van der Waals surface area contributed by atoms with Gasteiger partial charge in [0.15, 0.2) is 0 Å². The number of ether oxygens (including phenoxy) is 1. The van der Waals surface area contributed by atoms with Crippen LogP contribution in [0.2, 0.25) is 5.02 Å². The highest BCUT2D eigenvalue weighted by atomic mass is 35.5. The lowest BCUT2D eigenvalue weighted by Crippen LogP contribution is -2.41. The number of benzene rings is 1. The Kier molecular flexibility index (Phi) is 6.50. The third-order valence-electron chi connectivity index (χ3n) is 4.32. The maximum Gasteiger partial charge on any atom is 0.410 e.